The molecule has 0 unspecified atom stereocenters. The summed E-state index contributed by atoms with van der Waals surface area (Å²) in [6.07, 6.45) is 1.50. The van der Waals surface area contributed by atoms with Crippen LogP contribution in [-0.2, 0) is 17.1 Å². The maximum absolute atomic E-state index is 12.3. The fraction of sp³-hybridized carbons (Fsp3) is 0.727. The average molecular weight is 287 g/mol. The second kappa shape index (κ2) is 6.00. The van der Waals surface area contributed by atoms with E-state index in [1.54, 1.807) is 14.1 Å². The molecule has 8 heteroatoms. The third-order valence-electron chi connectivity index (χ3n) is 3.39. The topological polar surface area (TPSA) is 70.5 Å². The van der Waals surface area contributed by atoms with Gasteiger partial charge in [0.15, 0.2) is 5.03 Å². The Kier molecular flexibility index (Phi) is 4.56. The molecule has 1 saturated heterocycles. The molecule has 19 heavy (non-hydrogen) atoms. The van der Waals surface area contributed by atoms with Crippen molar-refractivity contribution in [2.75, 3.05) is 46.3 Å². The van der Waals surface area contributed by atoms with E-state index in [4.69, 9.17) is 0 Å². The summed E-state index contributed by atoms with van der Waals surface area (Å²) in [6, 6.07) is 1.52. The number of aromatic nitrogens is 2. The number of nitrogens with one attached hydrogen (secondary N) is 1. The first-order valence-electron chi connectivity index (χ1n) is 6.39. The van der Waals surface area contributed by atoms with Gasteiger partial charge in [-0.05, 0) is 6.07 Å². The number of aryl methyl sites for hydroxylation is 1. The molecule has 2 heterocycles. The Labute approximate surface area is 114 Å². The zero-order chi connectivity index (χ0) is 13.9. The molecule has 0 saturated carbocycles. The van der Waals surface area contributed by atoms with Crippen LogP contribution in [0.1, 0.15) is 0 Å². The second-order valence-electron chi connectivity index (χ2n) is 4.71. The van der Waals surface area contributed by atoms with Crippen molar-refractivity contribution < 1.29 is 8.42 Å². The molecule has 0 aliphatic carbocycles. The molecule has 0 bridgehead atoms. The number of sulfonamides is 1. The number of hydrogen-bond acceptors (Lipinski definition) is 5. The lowest BCUT2D eigenvalue weighted by molar-refractivity contribution is 0.229. The van der Waals surface area contributed by atoms with Crippen LogP contribution in [0, 0.1) is 0 Å². The van der Waals surface area contributed by atoms with Crippen LogP contribution < -0.4 is 5.32 Å². The molecule has 7 nitrogen and oxygen atoms in total. The Morgan fingerprint density at radius 2 is 2.11 bits per heavy atom. The van der Waals surface area contributed by atoms with Crippen molar-refractivity contribution in [1.82, 2.24) is 24.3 Å². The van der Waals surface area contributed by atoms with Crippen molar-refractivity contribution in [3.8, 4) is 0 Å². The van der Waals surface area contributed by atoms with E-state index in [0.717, 1.165) is 32.7 Å². The maximum Gasteiger partial charge on any atom is 0.259 e. The second-order valence-corrected chi connectivity index (χ2v) is 6.70. The minimum absolute atomic E-state index is 0.232. The molecule has 0 aromatic carbocycles. The molecule has 1 aromatic heterocycles. The Balaban J connectivity index is 1.95. The van der Waals surface area contributed by atoms with Gasteiger partial charge >= 0.3 is 0 Å². The molecule has 1 N–H and O–H groups in total. The van der Waals surface area contributed by atoms with E-state index < -0.39 is 10.0 Å². The van der Waals surface area contributed by atoms with Crippen LogP contribution >= 0.6 is 0 Å². The van der Waals surface area contributed by atoms with Gasteiger partial charge in [0.1, 0.15) is 0 Å². The molecule has 0 radical (unpaired) electrons. The van der Waals surface area contributed by atoms with E-state index in [2.05, 4.69) is 15.3 Å². The molecule has 1 fully saturated rings. The molecule has 1 aromatic rings. The summed E-state index contributed by atoms with van der Waals surface area (Å²) in [7, 11) is -0.184. The third kappa shape index (κ3) is 3.33. The van der Waals surface area contributed by atoms with E-state index >= 15 is 0 Å². The molecule has 2 rings (SSSR count). The SMILES string of the molecule is CN(CCN1CCNCC1)S(=O)(=O)c1ccnn1C. The summed E-state index contributed by atoms with van der Waals surface area (Å²) < 4.78 is 27.4. The molecular formula is C11H21N5O2S. The van der Waals surface area contributed by atoms with Crippen LogP contribution in [0.15, 0.2) is 17.3 Å². The highest BCUT2D eigenvalue weighted by Crippen LogP contribution is 2.12. The Morgan fingerprint density at radius 1 is 1.42 bits per heavy atom. The van der Waals surface area contributed by atoms with E-state index in [9.17, 15) is 8.42 Å². The van der Waals surface area contributed by atoms with Crippen molar-refractivity contribution >= 4 is 10.0 Å². The van der Waals surface area contributed by atoms with Crippen LogP contribution in [0.3, 0.4) is 0 Å². The van der Waals surface area contributed by atoms with E-state index in [-0.39, 0.29) is 5.03 Å². The number of likely N-dealkylation sites (N-methyl/N-ethyl adjacent to an activating group) is 1. The van der Waals surface area contributed by atoms with Crippen LogP contribution in [0.5, 0.6) is 0 Å². The maximum atomic E-state index is 12.3. The first-order chi connectivity index (χ1) is 9.01. The minimum Gasteiger partial charge on any atom is -0.314 e. The van der Waals surface area contributed by atoms with Crippen LogP contribution in [-0.4, -0.2) is 73.7 Å². The highest BCUT2D eigenvalue weighted by molar-refractivity contribution is 7.89. The van der Waals surface area contributed by atoms with Crippen molar-refractivity contribution in [1.29, 1.82) is 0 Å². The van der Waals surface area contributed by atoms with Gasteiger partial charge in [-0.3, -0.25) is 9.58 Å². The highest BCUT2D eigenvalue weighted by Gasteiger charge is 2.24. The predicted octanol–water partition coefficient (Wildman–Crippen LogP) is -1.05. The number of piperazine rings is 1. The summed E-state index contributed by atoms with van der Waals surface area (Å²) >= 11 is 0. The van der Waals surface area contributed by atoms with Crippen molar-refractivity contribution in [2.24, 2.45) is 7.05 Å². The summed E-state index contributed by atoms with van der Waals surface area (Å²) in [5, 5.41) is 7.42. The fourth-order valence-electron chi connectivity index (χ4n) is 2.11. The van der Waals surface area contributed by atoms with Gasteiger partial charge in [0.2, 0.25) is 0 Å². The van der Waals surface area contributed by atoms with Crippen LogP contribution in [0.4, 0.5) is 0 Å². The van der Waals surface area contributed by atoms with Gasteiger partial charge in [-0.2, -0.15) is 9.40 Å². The van der Waals surface area contributed by atoms with Crippen LogP contribution in [0.2, 0.25) is 0 Å². The summed E-state index contributed by atoms with van der Waals surface area (Å²) in [5.74, 6) is 0. The lowest BCUT2D eigenvalue weighted by atomic mass is 10.3. The third-order valence-corrected chi connectivity index (χ3v) is 5.32. The van der Waals surface area contributed by atoms with Gasteiger partial charge in [-0.25, -0.2) is 8.42 Å². The molecule has 1 aliphatic rings. The number of rotatable bonds is 5. The van der Waals surface area contributed by atoms with Gasteiger partial charge < -0.3 is 5.32 Å². The van der Waals surface area contributed by atoms with E-state index in [0.29, 0.717) is 6.54 Å². The van der Waals surface area contributed by atoms with Crippen LogP contribution in [0.25, 0.3) is 0 Å². The van der Waals surface area contributed by atoms with Gasteiger partial charge in [-0.1, -0.05) is 0 Å². The molecular weight excluding hydrogens is 266 g/mol. The smallest absolute Gasteiger partial charge is 0.259 e. The van der Waals surface area contributed by atoms with Gasteiger partial charge in [0.25, 0.3) is 10.0 Å². The van der Waals surface area contributed by atoms with Crippen molar-refractivity contribution in [2.45, 2.75) is 5.03 Å². The lowest BCUT2D eigenvalue weighted by Gasteiger charge is -2.28. The van der Waals surface area contributed by atoms with Gasteiger partial charge in [0, 0.05) is 53.4 Å². The standard InChI is InChI=1S/C11H21N5O2S/c1-14(9-10-16-7-5-12-6-8-16)19(17,18)11-3-4-13-15(11)2/h3-4,12H,5-10H2,1-2H3. The Morgan fingerprint density at radius 3 is 2.68 bits per heavy atom. The molecule has 108 valence electrons. The van der Waals surface area contributed by atoms with Crippen molar-refractivity contribution in [3.63, 3.8) is 0 Å². The predicted molar refractivity (Wildman–Crippen MR) is 72.3 cm³/mol. The zero-order valence-electron chi connectivity index (χ0n) is 11.4. The first kappa shape index (κ1) is 14.4. The molecule has 0 amide bonds. The molecule has 0 atom stereocenters. The first-order valence-corrected chi connectivity index (χ1v) is 7.83. The summed E-state index contributed by atoms with van der Waals surface area (Å²) in [6.45, 7) is 5.14. The lowest BCUT2D eigenvalue weighted by Crippen LogP contribution is -2.46. The van der Waals surface area contributed by atoms with Crippen molar-refractivity contribution in [3.05, 3.63) is 12.3 Å². The monoisotopic (exact) mass is 287 g/mol. The van der Waals surface area contributed by atoms with E-state index in [1.165, 1.54) is 21.3 Å². The van der Waals surface area contributed by atoms with E-state index in [1.807, 2.05) is 0 Å². The summed E-state index contributed by atoms with van der Waals surface area (Å²) in [4.78, 5) is 2.27. The minimum atomic E-state index is -3.44. The number of hydrogen-bond donors (Lipinski definition) is 1. The Hall–Kier alpha value is -0.960. The fourth-order valence-corrected chi connectivity index (χ4v) is 3.37. The molecule has 0 spiro atoms. The number of nitrogens with zero attached hydrogens (tertiary/aromatic N) is 4. The normalized spacial score (nSPS) is 18.1. The zero-order valence-corrected chi connectivity index (χ0v) is 12.2. The quantitative estimate of drug-likeness (QED) is 0.748. The van der Waals surface area contributed by atoms with Gasteiger partial charge in [-0.15, -0.1) is 0 Å². The largest absolute Gasteiger partial charge is 0.314 e. The van der Waals surface area contributed by atoms with Gasteiger partial charge in [0.05, 0.1) is 6.20 Å². The summed E-state index contributed by atoms with van der Waals surface area (Å²) in [5.41, 5.74) is 0. The Bertz CT molecular complexity index is 507. The molecule has 1 aliphatic heterocycles. The average Bonchev–Trinajstić information content (AvgIpc) is 2.84. The highest BCUT2D eigenvalue weighted by atomic mass is 32.2.